The number of imidazole rings is 1. The summed E-state index contributed by atoms with van der Waals surface area (Å²) >= 11 is 0. The number of fused-ring (bicyclic) bond motifs is 1. The van der Waals surface area contributed by atoms with Crippen molar-refractivity contribution in [2.24, 2.45) is 0 Å². The molecule has 38 heavy (non-hydrogen) atoms. The Morgan fingerprint density at radius 3 is 2.29 bits per heavy atom. The van der Waals surface area contributed by atoms with Crippen LogP contribution in [-0.2, 0) is 16.6 Å². The summed E-state index contributed by atoms with van der Waals surface area (Å²) in [6, 6.07) is 26.6. The number of nitrogens with zero attached hydrogens (tertiary/aromatic N) is 4. The highest BCUT2D eigenvalue weighted by atomic mass is 32.2. The van der Waals surface area contributed by atoms with Gasteiger partial charge < -0.3 is 14.2 Å². The Bertz CT molecular complexity index is 1450. The van der Waals surface area contributed by atoms with E-state index in [9.17, 15) is 8.42 Å². The maximum atomic E-state index is 12.7. The third-order valence-corrected chi connectivity index (χ3v) is 9.07. The minimum atomic E-state index is -3.18. The third-order valence-electron chi connectivity index (χ3n) is 7.12. The first-order valence-corrected chi connectivity index (χ1v) is 15.0. The summed E-state index contributed by atoms with van der Waals surface area (Å²) in [5.41, 5.74) is 4.24. The van der Waals surface area contributed by atoms with Gasteiger partial charge in [-0.25, -0.2) is 13.4 Å². The van der Waals surface area contributed by atoms with Crippen molar-refractivity contribution in [1.29, 1.82) is 0 Å². The fourth-order valence-corrected chi connectivity index (χ4v) is 6.64. The number of benzene rings is 3. The number of hydrogen-bond donors (Lipinski definition) is 0. The lowest BCUT2D eigenvalue weighted by molar-refractivity contribution is 0.212. The number of hydrogen-bond acceptors (Lipinski definition) is 5. The van der Waals surface area contributed by atoms with Crippen molar-refractivity contribution in [3.8, 4) is 5.75 Å². The predicted octanol–water partition coefficient (Wildman–Crippen LogP) is 5.48. The molecule has 1 fully saturated rings. The van der Waals surface area contributed by atoms with Crippen LogP contribution in [0.1, 0.15) is 44.2 Å². The molecule has 200 valence electrons. The molecule has 0 amide bonds. The van der Waals surface area contributed by atoms with E-state index < -0.39 is 10.0 Å². The summed E-state index contributed by atoms with van der Waals surface area (Å²) in [6.45, 7) is 7.11. The molecule has 1 unspecified atom stereocenters. The summed E-state index contributed by atoms with van der Waals surface area (Å²) in [4.78, 5) is 7.27. The van der Waals surface area contributed by atoms with Crippen LogP contribution in [0, 0.1) is 0 Å². The van der Waals surface area contributed by atoms with Gasteiger partial charge in [-0.1, -0.05) is 61.9 Å². The molecule has 1 aromatic heterocycles. The second kappa shape index (κ2) is 11.6. The number of ether oxygens (including phenoxy) is 1. The second-order valence-electron chi connectivity index (χ2n) is 9.84. The van der Waals surface area contributed by atoms with Crippen molar-refractivity contribution in [3.05, 3.63) is 90.3 Å². The molecule has 3 aromatic carbocycles. The van der Waals surface area contributed by atoms with Gasteiger partial charge in [-0.15, -0.1) is 0 Å². The smallest absolute Gasteiger partial charge is 0.214 e. The molecule has 1 saturated heterocycles. The highest BCUT2D eigenvalue weighted by Gasteiger charge is 2.27. The molecule has 8 heteroatoms. The van der Waals surface area contributed by atoms with Crippen LogP contribution in [0.25, 0.3) is 11.0 Å². The summed E-state index contributed by atoms with van der Waals surface area (Å²) in [5, 5.41) is 0. The number of anilines is 1. The van der Waals surface area contributed by atoms with Crippen molar-refractivity contribution in [2.45, 2.75) is 39.3 Å². The Kier molecular flexibility index (Phi) is 8.00. The minimum Gasteiger partial charge on any atom is -0.483 e. The normalized spacial score (nSPS) is 15.6. The van der Waals surface area contributed by atoms with E-state index in [1.165, 1.54) is 5.56 Å². The zero-order valence-electron chi connectivity index (χ0n) is 22.2. The first-order valence-electron chi connectivity index (χ1n) is 13.4. The van der Waals surface area contributed by atoms with Gasteiger partial charge in [0, 0.05) is 38.4 Å². The van der Waals surface area contributed by atoms with Gasteiger partial charge in [0.15, 0.2) is 11.9 Å². The second-order valence-corrected chi connectivity index (χ2v) is 11.9. The van der Waals surface area contributed by atoms with Gasteiger partial charge in [-0.3, -0.25) is 0 Å². The van der Waals surface area contributed by atoms with Gasteiger partial charge in [0.05, 0.1) is 16.8 Å². The van der Waals surface area contributed by atoms with Crippen LogP contribution >= 0.6 is 0 Å². The molecule has 5 rings (SSSR count). The van der Waals surface area contributed by atoms with Gasteiger partial charge >= 0.3 is 0 Å². The standard InChI is InChI=1S/C30H36N4O3S/c1-3-4-21-38(35,36)33-19-17-32(18-20-33)26-15-16-28-29(22-26)34(23-25-11-7-5-8-12-25)30(31-28)24(2)37-27-13-9-6-10-14-27/h5-16,22,24H,3-4,17-21,23H2,1-2H3. The summed E-state index contributed by atoms with van der Waals surface area (Å²) in [6.07, 6.45) is 1.35. The highest BCUT2D eigenvalue weighted by Crippen LogP contribution is 2.29. The first-order chi connectivity index (χ1) is 18.4. The Morgan fingerprint density at radius 1 is 0.921 bits per heavy atom. The topological polar surface area (TPSA) is 67.7 Å². The van der Waals surface area contributed by atoms with E-state index >= 15 is 0 Å². The van der Waals surface area contributed by atoms with E-state index in [0.29, 0.717) is 39.1 Å². The van der Waals surface area contributed by atoms with Gasteiger partial charge in [0.2, 0.25) is 10.0 Å². The molecule has 1 aliphatic heterocycles. The van der Waals surface area contributed by atoms with Gasteiger partial charge in [0.25, 0.3) is 0 Å². The van der Waals surface area contributed by atoms with Crippen LogP contribution in [0.5, 0.6) is 5.75 Å². The molecule has 4 aromatic rings. The Hall–Kier alpha value is -3.36. The number of rotatable bonds is 10. The molecule has 0 aliphatic carbocycles. The monoisotopic (exact) mass is 532 g/mol. The average Bonchev–Trinajstić information content (AvgIpc) is 3.31. The lowest BCUT2D eigenvalue weighted by Crippen LogP contribution is -2.49. The maximum absolute atomic E-state index is 12.7. The van der Waals surface area contributed by atoms with E-state index in [1.54, 1.807) is 4.31 Å². The Balaban J connectivity index is 1.42. The van der Waals surface area contributed by atoms with Crippen LogP contribution in [0.15, 0.2) is 78.9 Å². The van der Waals surface area contributed by atoms with Gasteiger partial charge in [-0.05, 0) is 49.2 Å². The molecule has 0 bridgehead atoms. The molecule has 1 aliphatic rings. The fraction of sp³-hybridized carbons (Fsp3) is 0.367. The highest BCUT2D eigenvalue weighted by molar-refractivity contribution is 7.89. The number of piperazine rings is 1. The number of para-hydroxylation sites is 1. The first kappa shape index (κ1) is 26.3. The molecular weight excluding hydrogens is 496 g/mol. The molecule has 0 saturated carbocycles. The molecule has 0 N–H and O–H groups in total. The molecule has 0 radical (unpaired) electrons. The van der Waals surface area contributed by atoms with Crippen LogP contribution in [0.4, 0.5) is 5.69 Å². The Labute approximate surface area is 225 Å². The fourth-order valence-electron chi connectivity index (χ4n) is 5.01. The lowest BCUT2D eigenvalue weighted by atomic mass is 10.2. The maximum Gasteiger partial charge on any atom is 0.214 e. The van der Waals surface area contributed by atoms with Crippen LogP contribution < -0.4 is 9.64 Å². The summed E-state index contributed by atoms with van der Waals surface area (Å²) in [5.74, 6) is 1.92. The van der Waals surface area contributed by atoms with Crippen molar-refractivity contribution in [1.82, 2.24) is 13.9 Å². The van der Waals surface area contributed by atoms with E-state index in [2.05, 4.69) is 51.9 Å². The quantitative estimate of drug-likeness (QED) is 0.271. The molecule has 1 atom stereocenters. The van der Waals surface area contributed by atoms with Gasteiger partial charge in [0.1, 0.15) is 5.75 Å². The predicted molar refractivity (Wildman–Crippen MR) is 153 cm³/mol. The van der Waals surface area contributed by atoms with E-state index in [0.717, 1.165) is 34.7 Å². The average molecular weight is 533 g/mol. The van der Waals surface area contributed by atoms with Crippen molar-refractivity contribution in [3.63, 3.8) is 0 Å². The molecule has 2 heterocycles. The Morgan fingerprint density at radius 2 is 1.61 bits per heavy atom. The summed E-state index contributed by atoms with van der Waals surface area (Å²) in [7, 11) is -3.18. The van der Waals surface area contributed by atoms with Crippen LogP contribution in [0.2, 0.25) is 0 Å². The van der Waals surface area contributed by atoms with Crippen LogP contribution in [-0.4, -0.2) is 54.2 Å². The molecule has 7 nitrogen and oxygen atoms in total. The third kappa shape index (κ3) is 5.87. The number of aromatic nitrogens is 2. The number of unbranched alkanes of at least 4 members (excludes halogenated alkanes) is 1. The minimum absolute atomic E-state index is 0.236. The van der Waals surface area contributed by atoms with Crippen molar-refractivity contribution < 1.29 is 13.2 Å². The van der Waals surface area contributed by atoms with Crippen molar-refractivity contribution >= 4 is 26.7 Å². The largest absolute Gasteiger partial charge is 0.483 e. The van der Waals surface area contributed by atoms with E-state index in [1.807, 2.05) is 50.2 Å². The van der Waals surface area contributed by atoms with Gasteiger partial charge in [-0.2, -0.15) is 4.31 Å². The van der Waals surface area contributed by atoms with E-state index in [-0.39, 0.29) is 11.9 Å². The zero-order valence-corrected chi connectivity index (χ0v) is 23.0. The van der Waals surface area contributed by atoms with Crippen molar-refractivity contribution in [2.75, 3.05) is 36.8 Å². The SMILES string of the molecule is CCCCS(=O)(=O)N1CCN(c2ccc3nc(C(C)Oc4ccccc4)n(Cc4ccccc4)c3c2)CC1. The lowest BCUT2D eigenvalue weighted by Gasteiger charge is -2.35. The number of sulfonamides is 1. The van der Waals surface area contributed by atoms with Crippen LogP contribution in [0.3, 0.4) is 0 Å². The van der Waals surface area contributed by atoms with E-state index in [4.69, 9.17) is 9.72 Å². The summed E-state index contributed by atoms with van der Waals surface area (Å²) < 4.78 is 35.5. The zero-order chi connectivity index (χ0) is 26.5. The molecular formula is C30H36N4O3S. The molecule has 0 spiro atoms.